The highest BCUT2D eigenvalue weighted by Crippen LogP contribution is 2.06. The van der Waals surface area contributed by atoms with Gasteiger partial charge in [0.2, 0.25) is 5.91 Å². The smallest absolute Gasteiger partial charge is 0.242 e. The number of amides is 1. The van der Waals surface area contributed by atoms with Gasteiger partial charge in [-0.3, -0.25) is 4.79 Å². The summed E-state index contributed by atoms with van der Waals surface area (Å²) in [5, 5.41) is 0. The fraction of sp³-hybridized carbons (Fsp3) is 0.417. The Morgan fingerprint density at radius 2 is 2.18 bits per heavy atom. The van der Waals surface area contributed by atoms with Crippen molar-refractivity contribution in [3.63, 3.8) is 0 Å². The van der Waals surface area contributed by atoms with E-state index in [0.29, 0.717) is 19.6 Å². The molecule has 1 aromatic carbocycles. The Morgan fingerprint density at radius 3 is 2.76 bits per heavy atom. The normalized spacial score (nSPS) is 19.2. The van der Waals surface area contributed by atoms with Crippen molar-refractivity contribution in [3.8, 4) is 0 Å². The Balaban J connectivity index is 1.98. The van der Waals surface area contributed by atoms with Gasteiger partial charge < -0.3 is 4.90 Å². The molecule has 2 rings (SSSR count). The van der Waals surface area contributed by atoms with Gasteiger partial charge in [0, 0.05) is 19.6 Å². The number of carbonyl (C=O) groups excluding carboxylic acids is 1. The van der Waals surface area contributed by atoms with E-state index in [1.54, 1.807) is 0 Å². The fourth-order valence-corrected chi connectivity index (χ4v) is 1.86. The highest BCUT2D eigenvalue weighted by molar-refractivity contribution is 5.82. The molecule has 1 aromatic rings. The Kier molecular flexibility index (Phi) is 4.08. The van der Waals surface area contributed by atoms with Crippen molar-refractivity contribution in [2.24, 2.45) is 0 Å². The van der Waals surface area contributed by atoms with E-state index in [4.69, 9.17) is 0 Å². The maximum Gasteiger partial charge on any atom is 0.242 e. The molecule has 1 amide bonds. The predicted octanol–water partition coefficient (Wildman–Crippen LogP) is 0.0161. The first-order chi connectivity index (χ1) is 8.31. The summed E-state index contributed by atoms with van der Waals surface area (Å²) in [6.07, 6.45) is 0. The van der Waals surface area contributed by atoms with Gasteiger partial charge in [-0.2, -0.15) is 5.53 Å². The van der Waals surface area contributed by atoms with Crippen LogP contribution >= 0.6 is 0 Å². The predicted molar refractivity (Wildman–Crippen MR) is 65.6 cm³/mol. The first-order valence-corrected chi connectivity index (χ1v) is 5.87. The van der Waals surface area contributed by atoms with E-state index in [1.165, 1.54) is 0 Å². The zero-order chi connectivity index (χ0) is 12.1. The molecule has 0 aliphatic carbocycles. The summed E-state index contributed by atoms with van der Waals surface area (Å²) in [4.78, 5) is 14.0. The second kappa shape index (κ2) is 5.77. The van der Waals surface area contributed by atoms with Crippen LogP contribution < -0.4 is 16.4 Å². The van der Waals surface area contributed by atoms with Crippen LogP contribution in [0.2, 0.25) is 0 Å². The molecule has 0 radical (unpaired) electrons. The van der Waals surface area contributed by atoms with Crippen LogP contribution in [-0.4, -0.2) is 29.9 Å². The summed E-state index contributed by atoms with van der Waals surface area (Å²) >= 11 is 0. The molecule has 1 atom stereocenters. The second-order valence-electron chi connectivity index (χ2n) is 4.04. The topological polar surface area (TPSA) is 56.4 Å². The molecular formula is C12H18N4O. The SMILES string of the molecule is CCN(Cc1ccccc1)C(=O)C1CNNN1. The summed E-state index contributed by atoms with van der Waals surface area (Å²) in [5.41, 5.74) is 9.69. The maximum atomic E-state index is 12.2. The van der Waals surface area contributed by atoms with Gasteiger partial charge in [-0.15, -0.1) is 0 Å². The molecule has 3 N–H and O–H groups in total. The van der Waals surface area contributed by atoms with Crippen molar-refractivity contribution in [1.29, 1.82) is 0 Å². The molecule has 1 fully saturated rings. The van der Waals surface area contributed by atoms with Crippen molar-refractivity contribution in [2.45, 2.75) is 19.5 Å². The summed E-state index contributed by atoms with van der Waals surface area (Å²) in [6.45, 7) is 3.99. The van der Waals surface area contributed by atoms with Gasteiger partial charge in [0.25, 0.3) is 0 Å². The molecule has 1 saturated heterocycles. The van der Waals surface area contributed by atoms with E-state index < -0.39 is 0 Å². The van der Waals surface area contributed by atoms with E-state index in [0.717, 1.165) is 5.56 Å². The number of nitrogens with zero attached hydrogens (tertiary/aromatic N) is 1. The summed E-state index contributed by atoms with van der Waals surface area (Å²) in [6, 6.07) is 9.85. The summed E-state index contributed by atoms with van der Waals surface area (Å²) in [5.74, 6) is 0.119. The standard InChI is InChI=1S/C12H18N4O/c1-2-16(9-10-6-4-3-5-7-10)12(17)11-8-13-15-14-11/h3-7,11,13-15H,2,8-9H2,1H3. The van der Waals surface area contributed by atoms with Gasteiger partial charge in [0.15, 0.2) is 0 Å². The molecule has 1 unspecified atom stereocenters. The number of hydrogen-bond donors (Lipinski definition) is 3. The largest absolute Gasteiger partial charge is 0.337 e. The van der Waals surface area contributed by atoms with Gasteiger partial charge in [-0.25, -0.2) is 10.9 Å². The zero-order valence-corrected chi connectivity index (χ0v) is 9.94. The van der Waals surface area contributed by atoms with Crippen molar-refractivity contribution < 1.29 is 4.79 Å². The Morgan fingerprint density at radius 1 is 1.41 bits per heavy atom. The molecule has 0 aromatic heterocycles. The molecule has 1 heterocycles. The number of likely N-dealkylation sites (N-methyl/N-ethyl adjacent to an activating group) is 1. The molecule has 17 heavy (non-hydrogen) atoms. The molecule has 5 nitrogen and oxygen atoms in total. The molecule has 0 saturated carbocycles. The van der Waals surface area contributed by atoms with E-state index in [2.05, 4.69) is 16.4 Å². The minimum absolute atomic E-state index is 0.119. The van der Waals surface area contributed by atoms with Crippen LogP contribution in [0.5, 0.6) is 0 Å². The van der Waals surface area contributed by atoms with Crippen LogP contribution in [0.3, 0.4) is 0 Å². The Bertz CT molecular complexity index is 362. The van der Waals surface area contributed by atoms with Crippen LogP contribution in [0.4, 0.5) is 0 Å². The van der Waals surface area contributed by atoms with E-state index in [9.17, 15) is 4.79 Å². The quantitative estimate of drug-likeness (QED) is 0.687. The Hall–Kier alpha value is -1.43. The van der Waals surface area contributed by atoms with Crippen LogP contribution in [0.1, 0.15) is 12.5 Å². The minimum atomic E-state index is -0.182. The van der Waals surface area contributed by atoms with Gasteiger partial charge in [0.05, 0.1) is 0 Å². The second-order valence-corrected chi connectivity index (χ2v) is 4.04. The fourth-order valence-electron chi connectivity index (χ4n) is 1.86. The lowest BCUT2D eigenvalue weighted by molar-refractivity contribution is -0.133. The lowest BCUT2D eigenvalue weighted by Gasteiger charge is -2.23. The molecule has 5 heteroatoms. The lowest BCUT2D eigenvalue weighted by atomic mass is 10.2. The third-order valence-corrected chi connectivity index (χ3v) is 2.85. The van der Waals surface area contributed by atoms with Crippen LogP contribution in [0.25, 0.3) is 0 Å². The highest BCUT2D eigenvalue weighted by Gasteiger charge is 2.25. The van der Waals surface area contributed by atoms with Crippen molar-refractivity contribution >= 4 is 5.91 Å². The van der Waals surface area contributed by atoms with Crippen molar-refractivity contribution in [2.75, 3.05) is 13.1 Å². The van der Waals surface area contributed by atoms with E-state index >= 15 is 0 Å². The number of rotatable bonds is 4. The monoisotopic (exact) mass is 234 g/mol. The first kappa shape index (κ1) is 12.0. The summed E-state index contributed by atoms with van der Waals surface area (Å²) < 4.78 is 0. The van der Waals surface area contributed by atoms with Crippen molar-refractivity contribution in [1.82, 2.24) is 21.3 Å². The average molecular weight is 234 g/mol. The first-order valence-electron chi connectivity index (χ1n) is 5.87. The molecular weight excluding hydrogens is 216 g/mol. The number of hydrogen-bond acceptors (Lipinski definition) is 4. The molecule has 92 valence electrons. The molecule has 0 spiro atoms. The maximum absolute atomic E-state index is 12.2. The van der Waals surface area contributed by atoms with Crippen LogP contribution in [0, 0.1) is 0 Å². The average Bonchev–Trinajstić information content (AvgIpc) is 2.90. The molecule has 1 aliphatic heterocycles. The van der Waals surface area contributed by atoms with Gasteiger partial charge >= 0.3 is 0 Å². The Labute approximate surface area is 101 Å². The van der Waals surface area contributed by atoms with E-state index in [-0.39, 0.29) is 11.9 Å². The third-order valence-electron chi connectivity index (χ3n) is 2.85. The van der Waals surface area contributed by atoms with E-state index in [1.807, 2.05) is 42.2 Å². The zero-order valence-electron chi connectivity index (χ0n) is 9.94. The van der Waals surface area contributed by atoms with Gasteiger partial charge in [-0.05, 0) is 12.5 Å². The van der Waals surface area contributed by atoms with Gasteiger partial charge in [0.1, 0.15) is 6.04 Å². The third kappa shape index (κ3) is 3.03. The lowest BCUT2D eigenvalue weighted by Crippen LogP contribution is -2.46. The number of nitrogens with one attached hydrogen (secondary N) is 3. The summed E-state index contributed by atoms with van der Waals surface area (Å²) in [7, 11) is 0. The number of carbonyl (C=O) groups is 1. The minimum Gasteiger partial charge on any atom is -0.337 e. The van der Waals surface area contributed by atoms with Crippen LogP contribution in [0.15, 0.2) is 30.3 Å². The number of benzene rings is 1. The molecule has 0 bridgehead atoms. The van der Waals surface area contributed by atoms with Crippen LogP contribution in [-0.2, 0) is 11.3 Å². The van der Waals surface area contributed by atoms with Gasteiger partial charge in [-0.1, -0.05) is 30.3 Å². The highest BCUT2D eigenvalue weighted by atomic mass is 16.2. The molecule has 1 aliphatic rings. The van der Waals surface area contributed by atoms with Crippen molar-refractivity contribution in [3.05, 3.63) is 35.9 Å². The number of hydrazine groups is 2.